The number of alkyl carbamates (subject to hydrolysis) is 1. The van der Waals surface area contributed by atoms with Gasteiger partial charge in [0.25, 0.3) is 5.91 Å². The van der Waals surface area contributed by atoms with E-state index in [0.717, 1.165) is 27.5 Å². The lowest BCUT2D eigenvalue weighted by Crippen LogP contribution is -2.51. The highest BCUT2D eigenvalue weighted by molar-refractivity contribution is 6.00. The standard InChI is InChI=1S/C47H48N4O9/c52-28-39(25-32-19-23-40(24-20-32)58-29-33-11-3-1-4-12-33)48-43(53)27-37-17-9-10-18-41(51-47(57)60-30-34-13-5-2-6-14-34)46(56)59-31-42(50-44(37)54)45(55)49-38-22-21-35-15-7-8-16-36(35)26-38/h1-16,19-24,26,37,39,41-42,52H,17-18,25,27-31H2,(H,48,53)(H,49,55)(H,50,54)(H,51,57)/t37-,39+,41-,42+/m1/s1. The Morgan fingerprint density at radius 2 is 1.43 bits per heavy atom. The number of amides is 4. The predicted molar refractivity (Wildman–Crippen MR) is 225 cm³/mol. The number of ether oxygens (including phenoxy) is 3. The van der Waals surface area contributed by atoms with E-state index in [1.54, 1.807) is 36.4 Å². The molecule has 0 fully saturated rings. The summed E-state index contributed by atoms with van der Waals surface area (Å²) in [6.45, 7) is -0.516. The first-order valence-corrected chi connectivity index (χ1v) is 19.8. The Kier molecular flexibility index (Phi) is 15.4. The Morgan fingerprint density at radius 1 is 0.767 bits per heavy atom. The summed E-state index contributed by atoms with van der Waals surface area (Å²) in [7, 11) is 0. The highest BCUT2D eigenvalue weighted by Gasteiger charge is 2.31. The molecule has 1 heterocycles. The van der Waals surface area contributed by atoms with Crippen LogP contribution in [0.25, 0.3) is 10.8 Å². The van der Waals surface area contributed by atoms with Crippen molar-refractivity contribution < 1.29 is 43.3 Å². The summed E-state index contributed by atoms with van der Waals surface area (Å²) in [4.78, 5) is 67.1. The molecule has 5 N–H and O–H groups in total. The monoisotopic (exact) mass is 812 g/mol. The number of benzene rings is 5. The molecule has 0 aliphatic carbocycles. The highest BCUT2D eigenvalue weighted by atomic mass is 16.6. The molecule has 4 atom stereocenters. The third-order valence-corrected chi connectivity index (χ3v) is 9.83. The summed E-state index contributed by atoms with van der Waals surface area (Å²) >= 11 is 0. The van der Waals surface area contributed by atoms with Crippen LogP contribution in [0.2, 0.25) is 0 Å². The highest BCUT2D eigenvalue weighted by Crippen LogP contribution is 2.20. The van der Waals surface area contributed by atoms with Gasteiger partial charge in [0.1, 0.15) is 37.7 Å². The first-order chi connectivity index (χ1) is 29.2. The van der Waals surface area contributed by atoms with E-state index >= 15 is 0 Å². The fourth-order valence-electron chi connectivity index (χ4n) is 6.55. The summed E-state index contributed by atoms with van der Waals surface area (Å²) < 4.78 is 16.7. The molecule has 13 heteroatoms. The maximum atomic E-state index is 13.8. The summed E-state index contributed by atoms with van der Waals surface area (Å²) in [5.41, 5.74) is 3.10. The van der Waals surface area contributed by atoms with Gasteiger partial charge in [-0.05, 0) is 71.0 Å². The van der Waals surface area contributed by atoms with Gasteiger partial charge in [-0.25, -0.2) is 9.59 Å². The molecule has 0 saturated heterocycles. The van der Waals surface area contributed by atoms with Crippen molar-refractivity contribution in [2.24, 2.45) is 5.92 Å². The van der Waals surface area contributed by atoms with E-state index < -0.39 is 60.4 Å². The molecule has 1 aliphatic rings. The van der Waals surface area contributed by atoms with Gasteiger partial charge in [-0.1, -0.05) is 115 Å². The molecular formula is C47H48N4O9. The number of hydrogen-bond acceptors (Lipinski definition) is 9. The molecule has 1 aliphatic heterocycles. The Hall–Kier alpha value is -6.99. The SMILES string of the molecule is O=C(C[C@H]1CC=CC[C@@H](NC(=O)OCc2ccccc2)C(=O)OC[C@@H](C(=O)Nc2ccc3ccccc3c2)NC1=O)N[C@H](CO)Cc1ccc(OCc2ccccc2)cc1. The van der Waals surface area contributed by atoms with E-state index in [4.69, 9.17) is 14.2 Å². The van der Waals surface area contributed by atoms with Crippen molar-refractivity contribution in [3.8, 4) is 5.75 Å². The van der Waals surface area contributed by atoms with Gasteiger partial charge < -0.3 is 40.6 Å². The number of rotatable bonds is 14. The van der Waals surface area contributed by atoms with Crippen molar-refractivity contribution in [2.45, 2.75) is 57.0 Å². The number of cyclic esters (lactones) is 1. The number of carbonyl (C=O) groups is 5. The van der Waals surface area contributed by atoms with Gasteiger partial charge in [0.15, 0.2) is 0 Å². The van der Waals surface area contributed by atoms with Crippen molar-refractivity contribution in [1.29, 1.82) is 0 Å². The minimum atomic E-state index is -1.36. The number of anilines is 1. The maximum Gasteiger partial charge on any atom is 0.408 e. The normalized spacial score (nSPS) is 17.4. The molecule has 4 amide bonds. The molecular weight excluding hydrogens is 765 g/mol. The average Bonchev–Trinajstić information content (AvgIpc) is 3.27. The minimum Gasteiger partial charge on any atom is -0.489 e. The third kappa shape index (κ3) is 13.0. The summed E-state index contributed by atoms with van der Waals surface area (Å²) in [5, 5.41) is 22.9. The van der Waals surface area contributed by atoms with Gasteiger partial charge in [0, 0.05) is 12.1 Å². The first kappa shape index (κ1) is 42.6. The predicted octanol–water partition coefficient (Wildman–Crippen LogP) is 5.76. The van der Waals surface area contributed by atoms with E-state index in [0.29, 0.717) is 24.5 Å². The lowest BCUT2D eigenvalue weighted by molar-refractivity contribution is -0.148. The second kappa shape index (κ2) is 21.7. The van der Waals surface area contributed by atoms with Gasteiger partial charge >= 0.3 is 12.1 Å². The van der Waals surface area contributed by atoms with Crippen molar-refractivity contribution in [3.63, 3.8) is 0 Å². The summed E-state index contributed by atoms with van der Waals surface area (Å²) in [5.74, 6) is -2.87. The van der Waals surface area contributed by atoms with Crippen LogP contribution in [0.1, 0.15) is 36.0 Å². The number of allylic oxidation sites excluding steroid dienone is 1. The van der Waals surface area contributed by atoms with Crippen molar-refractivity contribution in [2.75, 3.05) is 18.5 Å². The number of nitrogens with one attached hydrogen (secondary N) is 4. The van der Waals surface area contributed by atoms with E-state index in [1.165, 1.54) is 0 Å². The lowest BCUT2D eigenvalue weighted by Gasteiger charge is -2.24. The van der Waals surface area contributed by atoms with Crippen LogP contribution in [-0.2, 0) is 48.3 Å². The van der Waals surface area contributed by atoms with Crippen LogP contribution >= 0.6 is 0 Å². The van der Waals surface area contributed by atoms with Crippen LogP contribution in [0.5, 0.6) is 5.75 Å². The van der Waals surface area contributed by atoms with Crippen molar-refractivity contribution in [3.05, 3.63) is 156 Å². The fourth-order valence-corrected chi connectivity index (χ4v) is 6.55. The molecule has 0 aromatic heterocycles. The molecule has 310 valence electrons. The molecule has 0 saturated carbocycles. The topological polar surface area (TPSA) is 181 Å². The molecule has 60 heavy (non-hydrogen) atoms. The Bertz CT molecular complexity index is 2250. The van der Waals surface area contributed by atoms with Gasteiger partial charge in [-0.3, -0.25) is 14.4 Å². The molecule has 0 radical (unpaired) electrons. The van der Waals surface area contributed by atoms with E-state index in [2.05, 4.69) is 21.3 Å². The van der Waals surface area contributed by atoms with Gasteiger partial charge in [0.2, 0.25) is 11.8 Å². The van der Waals surface area contributed by atoms with E-state index in [-0.39, 0.29) is 32.5 Å². The Morgan fingerprint density at radius 3 is 2.15 bits per heavy atom. The number of aliphatic hydroxyl groups is 1. The van der Waals surface area contributed by atoms with Crippen LogP contribution in [-0.4, -0.2) is 66.2 Å². The zero-order chi connectivity index (χ0) is 42.1. The fraction of sp³-hybridized carbons (Fsp3) is 0.255. The first-order valence-electron chi connectivity index (χ1n) is 19.8. The molecule has 5 aromatic carbocycles. The molecule has 13 nitrogen and oxygen atoms in total. The van der Waals surface area contributed by atoms with Gasteiger partial charge in [-0.15, -0.1) is 0 Å². The quantitative estimate of drug-likeness (QED) is 0.0689. The number of esters is 1. The molecule has 0 spiro atoms. The molecule has 0 unspecified atom stereocenters. The molecule has 5 aromatic rings. The largest absolute Gasteiger partial charge is 0.489 e. The van der Waals surface area contributed by atoms with Crippen LogP contribution < -0.4 is 26.0 Å². The maximum absolute atomic E-state index is 13.8. The third-order valence-electron chi connectivity index (χ3n) is 9.83. The minimum absolute atomic E-state index is 0.0174. The van der Waals surface area contributed by atoms with Crippen molar-refractivity contribution in [1.82, 2.24) is 16.0 Å². The Labute approximate surface area is 348 Å². The Balaban J connectivity index is 1.12. The summed E-state index contributed by atoms with van der Waals surface area (Å²) in [6, 6.07) is 36.0. The summed E-state index contributed by atoms with van der Waals surface area (Å²) in [6.07, 6.45) is 2.49. The number of hydrogen-bond donors (Lipinski definition) is 5. The second-order valence-corrected chi connectivity index (χ2v) is 14.4. The smallest absolute Gasteiger partial charge is 0.408 e. The zero-order valence-corrected chi connectivity index (χ0v) is 33.0. The number of fused-ring (bicyclic) bond motifs is 1. The number of carbonyl (C=O) groups excluding carboxylic acids is 5. The van der Waals surface area contributed by atoms with Crippen LogP contribution in [0.3, 0.4) is 0 Å². The average molecular weight is 813 g/mol. The molecule has 0 bridgehead atoms. The van der Waals surface area contributed by atoms with Gasteiger partial charge in [-0.2, -0.15) is 0 Å². The zero-order valence-electron chi connectivity index (χ0n) is 33.0. The van der Waals surface area contributed by atoms with Crippen LogP contribution in [0.4, 0.5) is 10.5 Å². The van der Waals surface area contributed by atoms with Crippen LogP contribution in [0, 0.1) is 5.92 Å². The number of aliphatic hydroxyl groups excluding tert-OH is 1. The van der Waals surface area contributed by atoms with E-state index in [1.807, 2.05) is 103 Å². The second-order valence-electron chi connectivity index (χ2n) is 14.4. The lowest BCUT2D eigenvalue weighted by atomic mass is 9.97. The molecule has 6 rings (SSSR count). The van der Waals surface area contributed by atoms with Crippen LogP contribution in [0.15, 0.2) is 140 Å². The van der Waals surface area contributed by atoms with E-state index in [9.17, 15) is 29.1 Å². The van der Waals surface area contributed by atoms with Gasteiger partial charge in [0.05, 0.1) is 18.6 Å². The van der Waals surface area contributed by atoms with Crippen molar-refractivity contribution >= 4 is 46.2 Å².